The molecule has 1 N–H and O–H groups in total. The zero-order chi connectivity index (χ0) is 17.2. The van der Waals surface area contributed by atoms with Crippen molar-refractivity contribution in [1.29, 1.82) is 0 Å². The summed E-state index contributed by atoms with van der Waals surface area (Å²) in [4.78, 5) is 0. The van der Waals surface area contributed by atoms with E-state index in [9.17, 15) is 5.11 Å². The fourth-order valence-electron chi connectivity index (χ4n) is 2.71. The molecule has 6 nitrogen and oxygen atoms in total. The van der Waals surface area contributed by atoms with Gasteiger partial charge in [-0.2, -0.15) is 0 Å². The first-order valence-electron chi connectivity index (χ1n) is 7.76. The van der Waals surface area contributed by atoms with E-state index in [1.54, 1.807) is 5.51 Å². The summed E-state index contributed by atoms with van der Waals surface area (Å²) in [7, 11) is 0. The Bertz CT molecular complexity index is 1040. The van der Waals surface area contributed by atoms with E-state index >= 15 is 0 Å². The molecule has 0 saturated heterocycles. The molecule has 0 saturated carbocycles. The first kappa shape index (κ1) is 15.5. The highest BCUT2D eigenvalue weighted by molar-refractivity contribution is 7.13. The number of aromatic nitrogens is 3. The van der Waals surface area contributed by atoms with Crippen LogP contribution in [0.5, 0.6) is 5.88 Å². The third-order valence-electron chi connectivity index (χ3n) is 3.96. The maximum Gasteiger partial charge on any atom is 0.251 e. The molecule has 4 aromatic rings. The van der Waals surface area contributed by atoms with Gasteiger partial charge in [-0.15, -0.1) is 20.4 Å². The van der Waals surface area contributed by atoms with Gasteiger partial charge in [0.15, 0.2) is 5.69 Å². The quantitative estimate of drug-likeness (QED) is 0.528. The minimum Gasteiger partial charge on any atom is -0.493 e. The molecule has 0 radical (unpaired) electrons. The maximum atomic E-state index is 10.7. The van der Waals surface area contributed by atoms with Crippen LogP contribution in [0.2, 0.25) is 0 Å². The number of aryl methyl sites for hydroxylation is 1. The molecule has 0 aliphatic heterocycles. The van der Waals surface area contributed by atoms with E-state index in [2.05, 4.69) is 51.6 Å². The first-order chi connectivity index (χ1) is 12.2. The molecular formula is C18H15N5OS. The Morgan fingerprint density at radius 2 is 1.88 bits per heavy atom. The topological polar surface area (TPSA) is 75.7 Å². The van der Waals surface area contributed by atoms with Crippen LogP contribution in [0.15, 0.2) is 64.3 Å². The fourth-order valence-corrected chi connectivity index (χ4v) is 3.08. The number of hydrogen-bond donors (Lipinski definition) is 1. The Balaban J connectivity index is 1.79. The molecule has 0 amide bonds. The molecule has 0 unspecified atom stereocenters. The van der Waals surface area contributed by atoms with Gasteiger partial charge in [0.2, 0.25) is 5.88 Å². The number of nitrogens with zero attached hydrogens (tertiary/aromatic N) is 5. The minimum absolute atomic E-state index is 0.0926. The number of azo groups is 1. The molecule has 0 aliphatic carbocycles. The van der Waals surface area contributed by atoms with Crippen molar-refractivity contribution in [2.75, 3.05) is 0 Å². The largest absolute Gasteiger partial charge is 0.493 e. The van der Waals surface area contributed by atoms with E-state index in [1.165, 1.54) is 16.9 Å². The number of aromatic hydroxyl groups is 1. The zero-order valence-electron chi connectivity index (χ0n) is 13.5. The molecule has 124 valence electrons. The van der Waals surface area contributed by atoms with E-state index in [0.717, 1.165) is 16.5 Å². The summed E-state index contributed by atoms with van der Waals surface area (Å²) in [5, 5.41) is 27.9. The summed E-state index contributed by atoms with van der Waals surface area (Å²) in [6.45, 7) is 2.61. The van der Waals surface area contributed by atoms with Crippen LogP contribution >= 0.6 is 11.3 Å². The van der Waals surface area contributed by atoms with Crippen molar-refractivity contribution >= 4 is 33.1 Å². The molecule has 4 rings (SSSR count). The highest BCUT2D eigenvalue weighted by atomic mass is 32.1. The standard InChI is InChI=1S/C18H15N5OS/c1-12-6-8-13(9-7-12)10-23-15-5-3-2-4-14(15)16(17(23)24)20-22-18-21-19-11-25-18/h2-9,11,24H,10H2,1H3. The van der Waals surface area contributed by atoms with Crippen molar-refractivity contribution in [1.82, 2.24) is 14.8 Å². The second-order valence-electron chi connectivity index (χ2n) is 5.68. The summed E-state index contributed by atoms with van der Waals surface area (Å²) in [5.74, 6) is 0.0926. The van der Waals surface area contributed by atoms with Crippen LogP contribution in [0.4, 0.5) is 10.8 Å². The Morgan fingerprint density at radius 1 is 1.08 bits per heavy atom. The molecule has 2 aromatic carbocycles. The first-order valence-corrected chi connectivity index (χ1v) is 8.64. The average molecular weight is 349 g/mol. The minimum atomic E-state index is 0.0926. The van der Waals surface area contributed by atoms with Crippen molar-refractivity contribution in [3.63, 3.8) is 0 Å². The van der Waals surface area contributed by atoms with Gasteiger partial charge in [0.1, 0.15) is 5.51 Å². The van der Waals surface area contributed by atoms with E-state index < -0.39 is 0 Å². The Hall–Kier alpha value is -3.06. The molecule has 2 aromatic heterocycles. The monoisotopic (exact) mass is 349 g/mol. The molecule has 0 fully saturated rings. The lowest BCUT2D eigenvalue weighted by molar-refractivity contribution is 0.429. The Labute approximate surface area is 148 Å². The zero-order valence-corrected chi connectivity index (χ0v) is 14.3. The smallest absolute Gasteiger partial charge is 0.251 e. The average Bonchev–Trinajstić information content (AvgIpc) is 3.23. The van der Waals surface area contributed by atoms with Gasteiger partial charge in [0.25, 0.3) is 5.13 Å². The van der Waals surface area contributed by atoms with E-state index in [0.29, 0.717) is 17.4 Å². The predicted octanol–water partition coefficient (Wildman–Crippen LogP) is 4.97. The molecular weight excluding hydrogens is 334 g/mol. The molecule has 0 bridgehead atoms. The van der Waals surface area contributed by atoms with Crippen LogP contribution in [0.3, 0.4) is 0 Å². The Kier molecular flexibility index (Phi) is 3.99. The molecule has 0 atom stereocenters. The fraction of sp³-hybridized carbons (Fsp3) is 0.111. The molecule has 25 heavy (non-hydrogen) atoms. The summed E-state index contributed by atoms with van der Waals surface area (Å²) >= 11 is 1.29. The van der Waals surface area contributed by atoms with Crippen molar-refractivity contribution in [3.05, 3.63) is 65.2 Å². The maximum absolute atomic E-state index is 10.7. The third kappa shape index (κ3) is 3.01. The SMILES string of the molecule is Cc1ccc(Cn2c(O)c(N=Nc3nncs3)c3ccccc32)cc1. The van der Waals surface area contributed by atoms with Gasteiger partial charge in [-0.1, -0.05) is 59.4 Å². The predicted molar refractivity (Wildman–Crippen MR) is 98.0 cm³/mol. The van der Waals surface area contributed by atoms with Crippen LogP contribution in [0, 0.1) is 6.92 Å². The number of benzene rings is 2. The number of fused-ring (bicyclic) bond motifs is 1. The highest BCUT2D eigenvalue weighted by Crippen LogP contribution is 2.39. The van der Waals surface area contributed by atoms with Gasteiger partial charge >= 0.3 is 0 Å². The Morgan fingerprint density at radius 3 is 2.64 bits per heavy atom. The highest BCUT2D eigenvalue weighted by Gasteiger charge is 2.16. The van der Waals surface area contributed by atoms with Crippen molar-refractivity contribution < 1.29 is 5.11 Å². The van der Waals surface area contributed by atoms with Crippen LogP contribution in [-0.4, -0.2) is 19.9 Å². The van der Waals surface area contributed by atoms with Crippen LogP contribution < -0.4 is 0 Å². The van der Waals surface area contributed by atoms with E-state index in [-0.39, 0.29) is 5.88 Å². The third-order valence-corrected chi connectivity index (χ3v) is 4.54. The van der Waals surface area contributed by atoms with Crippen molar-refractivity contribution in [3.8, 4) is 5.88 Å². The summed E-state index contributed by atoms with van der Waals surface area (Å²) in [6, 6.07) is 16.0. The van der Waals surface area contributed by atoms with E-state index in [4.69, 9.17) is 0 Å². The van der Waals surface area contributed by atoms with Gasteiger partial charge in [-0.25, -0.2) is 0 Å². The second kappa shape index (κ2) is 6.45. The van der Waals surface area contributed by atoms with E-state index in [1.807, 2.05) is 28.8 Å². The molecule has 2 heterocycles. The van der Waals surface area contributed by atoms with Gasteiger partial charge < -0.3 is 9.67 Å². The lowest BCUT2D eigenvalue weighted by Crippen LogP contribution is -1.98. The van der Waals surface area contributed by atoms with Crippen molar-refractivity contribution in [2.45, 2.75) is 13.5 Å². The lowest BCUT2D eigenvalue weighted by atomic mass is 10.1. The summed E-state index contributed by atoms with van der Waals surface area (Å²) in [6.07, 6.45) is 0. The summed E-state index contributed by atoms with van der Waals surface area (Å²) in [5.41, 5.74) is 5.25. The van der Waals surface area contributed by atoms with Crippen LogP contribution in [0.25, 0.3) is 10.9 Å². The van der Waals surface area contributed by atoms with Crippen LogP contribution in [0.1, 0.15) is 11.1 Å². The van der Waals surface area contributed by atoms with Gasteiger partial charge in [-0.05, 0) is 18.6 Å². The van der Waals surface area contributed by atoms with Crippen LogP contribution in [-0.2, 0) is 6.54 Å². The molecule has 7 heteroatoms. The lowest BCUT2D eigenvalue weighted by Gasteiger charge is -2.07. The van der Waals surface area contributed by atoms with Gasteiger partial charge in [-0.3, -0.25) is 0 Å². The van der Waals surface area contributed by atoms with Gasteiger partial charge in [0, 0.05) is 5.39 Å². The van der Waals surface area contributed by atoms with Gasteiger partial charge in [0.05, 0.1) is 12.1 Å². The molecule has 0 spiro atoms. The number of rotatable bonds is 4. The number of para-hydroxylation sites is 1. The molecule has 0 aliphatic rings. The number of hydrogen-bond acceptors (Lipinski definition) is 6. The van der Waals surface area contributed by atoms with Crippen molar-refractivity contribution in [2.24, 2.45) is 10.2 Å². The summed E-state index contributed by atoms with van der Waals surface area (Å²) < 4.78 is 1.84. The normalized spacial score (nSPS) is 11.6. The second-order valence-corrected chi connectivity index (χ2v) is 6.49.